The first-order valence-corrected chi connectivity index (χ1v) is 4.72. The summed E-state index contributed by atoms with van der Waals surface area (Å²) in [6.45, 7) is 4.04. The zero-order chi connectivity index (χ0) is 11.4. The minimum Gasteiger partial charge on any atom is -0.507 e. The van der Waals surface area contributed by atoms with Crippen LogP contribution in [0.1, 0.15) is 35.7 Å². The third kappa shape index (κ3) is 2.70. The Balaban J connectivity index is 3.05. The van der Waals surface area contributed by atoms with Crippen molar-refractivity contribution in [1.29, 1.82) is 0 Å². The quantitative estimate of drug-likeness (QED) is 0.746. The number of nitrogens with one attached hydrogen (secondary N) is 1. The Bertz CT molecular complexity index is 361. The van der Waals surface area contributed by atoms with E-state index in [1.807, 2.05) is 13.8 Å². The average molecular weight is 209 g/mol. The first kappa shape index (κ1) is 11.5. The molecule has 0 aromatic heterocycles. The van der Waals surface area contributed by atoms with E-state index >= 15 is 0 Å². The van der Waals surface area contributed by atoms with E-state index in [4.69, 9.17) is 0 Å². The van der Waals surface area contributed by atoms with Gasteiger partial charge in [-0.2, -0.15) is 0 Å². The zero-order valence-electron chi connectivity index (χ0n) is 9.07. The average Bonchev–Trinajstić information content (AvgIpc) is 2.18. The molecule has 0 aliphatic rings. The van der Waals surface area contributed by atoms with Crippen molar-refractivity contribution in [2.75, 3.05) is 7.11 Å². The normalized spacial score (nSPS) is 10.4. The van der Waals surface area contributed by atoms with Gasteiger partial charge >= 0.3 is 0 Å². The van der Waals surface area contributed by atoms with Gasteiger partial charge in [-0.05, 0) is 23.6 Å². The van der Waals surface area contributed by atoms with Gasteiger partial charge in [-0.1, -0.05) is 19.9 Å². The molecule has 4 heteroatoms. The maximum Gasteiger partial charge on any atom is 0.278 e. The minimum atomic E-state index is -0.447. The Morgan fingerprint density at radius 2 is 2.13 bits per heavy atom. The SMILES string of the molecule is CONC(=O)c1cc(C(C)C)ccc1O. The fourth-order valence-electron chi connectivity index (χ4n) is 1.24. The molecule has 4 nitrogen and oxygen atoms in total. The van der Waals surface area contributed by atoms with Gasteiger partial charge in [-0.3, -0.25) is 9.63 Å². The molecule has 0 bridgehead atoms. The van der Waals surface area contributed by atoms with Gasteiger partial charge in [0, 0.05) is 0 Å². The van der Waals surface area contributed by atoms with E-state index in [0.29, 0.717) is 5.92 Å². The van der Waals surface area contributed by atoms with E-state index in [1.54, 1.807) is 12.1 Å². The van der Waals surface area contributed by atoms with E-state index in [9.17, 15) is 9.90 Å². The van der Waals surface area contributed by atoms with Gasteiger partial charge in [-0.25, -0.2) is 5.48 Å². The van der Waals surface area contributed by atoms with Gasteiger partial charge in [0.15, 0.2) is 0 Å². The number of amides is 1. The molecular formula is C11H15NO3. The van der Waals surface area contributed by atoms with Crippen LogP contribution in [-0.2, 0) is 4.84 Å². The summed E-state index contributed by atoms with van der Waals surface area (Å²) in [4.78, 5) is 15.9. The smallest absolute Gasteiger partial charge is 0.278 e. The third-order valence-electron chi connectivity index (χ3n) is 2.13. The molecule has 15 heavy (non-hydrogen) atoms. The summed E-state index contributed by atoms with van der Waals surface area (Å²) >= 11 is 0. The number of phenols is 1. The Labute approximate surface area is 88.8 Å². The summed E-state index contributed by atoms with van der Waals surface area (Å²) in [6, 6.07) is 4.97. The highest BCUT2D eigenvalue weighted by molar-refractivity contribution is 5.96. The molecule has 0 heterocycles. The Morgan fingerprint density at radius 1 is 1.47 bits per heavy atom. The summed E-state index contributed by atoms with van der Waals surface area (Å²) in [7, 11) is 1.35. The van der Waals surface area contributed by atoms with Gasteiger partial charge < -0.3 is 5.11 Å². The van der Waals surface area contributed by atoms with Crippen LogP contribution >= 0.6 is 0 Å². The lowest BCUT2D eigenvalue weighted by Gasteiger charge is -2.09. The van der Waals surface area contributed by atoms with Gasteiger partial charge in [0.1, 0.15) is 5.75 Å². The molecule has 0 saturated carbocycles. The number of aromatic hydroxyl groups is 1. The van der Waals surface area contributed by atoms with Crippen molar-refractivity contribution in [3.05, 3.63) is 29.3 Å². The predicted molar refractivity (Wildman–Crippen MR) is 56.7 cm³/mol. The van der Waals surface area contributed by atoms with Crippen LogP contribution in [0.25, 0.3) is 0 Å². The number of hydrogen-bond donors (Lipinski definition) is 2. The Kier molecular flexibility index (Phi) is 3.68. The molecule has 0 fully saturated rings. The summed E-state index contributed by atoms with van der Waals surface area (Å²) in [5.41, 5.74) is 3.39. The van der Waals surface area contributed by atoms with E-state index in [1.165, 1.54) is 13.2 Å². The molecule has 0 aliphatic carbocycles. The van der Waals surface area contributed by atoms with Crippen molar-refractivity contribution < 1.29 is 14.7 Å². The van der Waals surface area contributed by atoms with Gasteiger partial charge in [0.2, 0.25) is 0 Å². The largest absolute Gasteiger partial charge is 0.507 e. The number of benzene rings is 1. The molecular weight excluding hydrogens is 194 g/mol. The van der Waals surface area contributed by atoms with Crippen LogP contribution in [0.2, 0.25) is 0 Å². The van der Waals surface area contributed by atoms with Crippen molar-refractivity contribution in [2.24, 2.45) is 0 Å². The molecule has 1 aromatic carbocycles. The highest BCUT2D eigenvalue weighted by atomic mass is 16.6. The fraction of sp³-hybridized carbons (Fsp3) is 0.364. The van der Waals surface area contributed by atoms with E-state index in [-0.39, 0.29) is 11.3 Å². The lowest BCUT2D eigenvalue weighted by molar-refractivity contribution is 0.0535. The van der Waals surface area contributed by atoms with Crippen molar-refractivity contribution >= 4 is 5.91 Å². The lowest BCUT2D eigenvalue weighted by Crippen LogP contribution is -2.22. The predicted octanol–water partition coefficient (Wildman–Crippen LogP) is 1.81. The second-order valence-corrected chi connectivity index (χ2v) is 3.57. The van der Waals surface area contributed by atoms with Crippen molar-refractivity contribution in [3.8, 4) is 5.75 Å². The molecule has 0 spiro atoms. The first-order chi connectivity index (χ1) is 7.06. The highest BCUT2D eigenvalue weighted by Crippen LogP contribution is 2.22. The van der Waals surface area contributed by atoms with Crippen molar-refractivity contribution in [2.45, 2.75) is 19.8 Å². The molecule has 0 unspecified atom stereocenters. The second kappa shape index (κ2) is 4.79. The molecule has 0 radical (unpaired) electrons. The number of phenolic OH excluding ortho intramolecular Hbond substituents is 1. The summed E-state index contributed by atoms with van der Waals surface area (Å²) in [5, 5.41) is 9.50. The number of hydrogen-bond acceptors (Lipinski definition) is 3. The van der Waals surface area contributed by atoms with Gasteiger partial charge in [-0.15, -0.1) is 0 Å². The highest BCUT2D eigenvalue weighted by Gasteiger charge is 2.12. The summed E-state index contributed by atoms with van der Waals surface area (Å²) in [6.07, 6.45) is 0. The van der Waals surface area contributed by atoms with E-state index in [2.05, 4.69) is 10.3 Å². The topological polar surface area (TPSA) is 58.6 Å². The van der Waals surface area contributed by atoms with E-state index in [0.717, 1.165) is 5.56 Å². The maximum atomic E-state index is 11.4. The summed E-state index contributed by atoms with van der Waals surface area (Å²) in [5.74, 6) is -0.189. The molecule has 1 amide bonds. The van der Waals surface area contributed by atoms with Crippen LogP contribution in [0.3, 0.4) is 0 Å². The zero-order valence-corrected chi connectivity index (χ0v) is 9.07. The molecule has 2 N–H and O–H groups in total. The standard InChI is InChI=1S/C11H15NO3/c1-7(2)8-4-5-10(13)9(6-8)11(14)12-15-3/h4-7,13H,1-3H3,(H,12,14). The van der Waals surface area contributed by atoms with Crippen LogP contribution in [0, 0.1) is 0 Å². The number of hydroxylamine groups is 1. The number of rotatable bonds is 3. The third-order valence-corrected chi connectivity index (χ3v) is 2.13. The molecule has 0 atom stereocenters. The maximum absolute atomic E-state index is 11.4. The fourth-order valence-corrected chi connectivity index (χ4v) is 1.24. The van der Waals surface area contributed by atoms with Crippen LogP contribution in [-0.4, -0.2) is 18.1 Å². The van der Waals surface area contributed by atoms with Crippen LogP contribution in [0.5, 0.6) is 5.75 Å². The molecule has 1 rings (SSSR count). The number of carbonyl (C=O) groups excluding carboxylic acids is 1. The van der Waals surface area contributed by atoms with Crippen molar-refractivity contribution in [3.63, 3.8) is 0 Å². The van der Waals surface area contributed by atoms with Crippen LogP contribution < -0.4 is 5.48 Å². The van der Waals surface area contributed by atoms with Gasteiger partial charge in [0.25, 0.3) is 5.91 Å². The lowest BCUT2D eigenvalue weighted by atomic mass is 10.00. The second-order valence-electron chi connectivity index (χ2n) is 3.57. The molecule has 82 valence electrons. The monoisotopic (exact) mass is 209 g/mol. The Hall–Kier alpha value is -1.55. The summed E-state index contributed by atoms with van der Waals surface area (Å²) < 4.78 is 0. The first-order valence-electron chi connectivity index (χ1n) is 4.72. The van der Waals surface area contributed by atoms with Crippen molar-refractivity contribution in [1.82, 2.24) is 5.48 Å². The van der Waals surface area contributed by atoms with Crippen LogP contribution in [0.15, 0.2) is 18.2 Å². The molecule has 0 aliphatic heterocycles. The number of carbonyl (C=O) groups is 1. The van der Waals surface area contributed by atoms with E-state index < -0.39 is 5.91 Å². The Morgan fingerprint density at radius 3 is 2.67 bits per heavy atom. The van der Waals surface area contributed by atoms with Gasteiger partial charge in [0.05, 0.1) is 12.7 Å². The molecule has 1 aromatic rings. The molecule has 0 saturated heterocycles. The van der Waals surface area contributed by atoms with Crippen LogP contribution in [0.4, 0.5) is 0 Å². The minimum absolute atomic E-state index is 0.0473.